The van der Waals surface area contributed by atoms with Gasteiger partial charge < -0.3 is 0 Å². The van der Waals surface area contributed by atoms with E-state index in [-0.39, 0.29) is 0 Å². The van der Waals surface area contributed by atoms with Gasteiger partial charge in [-0.3, -0.25) is 0 Å². The van der Waals surface area contributed by atoms with Gasteiger partial charge >= 0.3 is 0 Å². The van der Waals surface area contributed by atoms with Gasteiger partial charge in [-0.25, -0.2) is 0 Å². The highest BCUT2D eigenvalue weighted by Gasteiger charge is 2.32. The van der Waals surface area contributed by atoms with Gasteiger partial charge in [0.2, 0.25) is 0 Å². The van der Waals surface area contributed by atoms with E-state index in [4.69, 9.17) is 0 Å². The summed E-state index contributed by atoms with van der Waals surface area (Å²) in [4.78, 5) is 0. The molecule has 0 heteroatoms. The molecule has 238 valence electrons. The molecule has 0 spiro atoms. The molecule has 1 aliphatic rings. The summed E-state index contributed by atoms with van der Waals surface area (Å²) in [6.07, 6.45) is 5.40. The summed E-state index contributed by atoms with van der Waals surface area (Å²) in [6, 6.07) is 58.7. The van der Waals surface area contributed by atoms with Gasteiger partial charge in [-0.05, 0) is 112 Å². The van der Waals surface area contributed by atoms with Crippen LogP contribution in [0.1, 0.15) is 30.9 Å². The van der Waals surface area contributed by atoms with Gasteiger partial charge in [0, 0.05) is 0 Å². The van der Waals surface area contributed by atoms with Crippen LogP contribution in [-0.2, 0) is 6.42 Å². The monoisotopic (exact) mass is 638 g/mol. The van der Waals surface area contributed by atoms with Crippen LogP contribution in [0, 0.1) is 0 Å². The van der Waals surface area contributed by atoms with Gasteiger partial charge in [0.25, 0.3) is 0 Å². The molecule has 9 rings (SSSR count). The second-order valence-corrected chi connectivity index (χ2v) is 13.5. The molecule has 0 saturated carbocycles. The third-order valence-corrected chi connectivity index (χ3v) is 10.6. The number of hydrogen-bond donors (Lipinski definition) is 0. The maximum atomic E-state index is 4.01. The number of benzene rings is 8. The lowest BCUT2D eigenvalue weighted by molar-refractivity contribution is 0.795. The third kappa shape index (κ3) is 4.83. The lowest BCUT2D eigenvalue weighted by Crippen LogP contribution is -1.93. The first-order valence-electron chi connectivity index (χ1n) is 17.9. The molecule has 0 saturated heterocycles. The predicted molar refractivity (Wildman–Crippen MR) is 216 cm³/mol. The zero-order valence-electron chi connectivity index (χ0n) is 28.4. The van der Waals surface area contributed by atoms with E-state index in [1.54, 1.807) is 0 Å². The van der Waals surface area contributed by atoms with Crippen molar-refractivity contribution in [2.75, 3.05) is 0 Å². The first kappa shape index (κ1) is 30.1. The van der Waals surface area contributed by atoms with E-state index in [2.05, 4.69) is 171 Å². The number of hydrogen-bond acceptors (Lipinski definition) is 0. The minimum absolute atomic E-state index is 1.10. The molecule has 0 radical (unpaired) electrons. The second-order valence-electron chi connectivity index (χ2n) is 13.5. The molecular formula is C50H38. The number of fused-ring (bicyclic) bond motifs is 4. The Balaban J connectivity index is 1.44. The molecule has 0 nitrogen and oxygen atoms in total. The number of aryl methyl sites for hydroxylation is 1. The van der Waals surface area contributed by atoms with Crippen molar-refractivity contribution in [3.8, 4) is 66.8 Å². The fourth-order valence-electron chi connectivity index (χ4n) is 8.25. The minimum Gasteiger partial charge on any atom is -0.0985 e. The topological polar surface area (TPSA) is 0 Å². The van der Waals surface area contributed by atoms with Gasteiger partial charge in [0.05, 0.1) is 0 Å². The average Bonchev–Trinajstić information content (AvgIpc) is 3.51. The molecule has 0 N–H and O–H groups in total. The summed E-state index contributed by atoms with van der Waals surface area (Å²) in [5, 5.41) is 5.22. The number of rotatable bonds is 8. The molecule has 0 aromatic heterocycles. The van der Waals surface area contributed by atoms with Crippen molar-refractivity contribution >= 4 is 27.6 Å². The van der Waals surface area contributed by atoms with Crippen LogP contribution in [0.4, 0.5) is 0 Å². The van der Waals surface area contributed by atoms with Crippen LogP contribution >= 0.6 is 0 Å². The molecule has 0 heterocycles. The summed E-state index contributed by atoms with van der Waals surface area (Å²) in [6.45, 7) is 6.28. The molecule has 8 aromatic carbocycles. The van der Waals surface area contributed by atoms with Crippen LogP contribution in [0.5, 0.6) is 0 Å². The fourth-order valence-corrected chi connectivity index (χ4v) is 8.25. The first-order chi connectivity index (χ1) is 24.7. The Kier molecular flexibility index (Phi) is 7.51. The van der Waals surface area contributed by atoms with Gasteiger partial charge in [-0.1, -0.05) is 184 Å². The van der Waals surface area contributed by atoms with E-state index >= 15 is 0 Å². The molecule has 0 amide bonds. The summed E-state index contributed by atoms with van der Waals surface area (Å²) in [5.41, 5.74) is 17.9. The molecule has 0 aliphatic heterocycles. The number of unbranched alkanes of at least 4 members (excludes halogenated alkanes) is 1. The normalized spacial score (nSPS) is 11.6. The standard InChI is InChI=1S/C50H38/c1-3-5-15-34-16-14-21-38(32-34)40-29-31-44-48-43(30-28-39(47(40)48)35-26-24-33(4-2)25-27-35)49-45(36-17-8-6-9-18-36)41-22-12-13-23-42(41)46(50(44)49)37-19-10-7-11-20-37/h4,6-14,16-32H,2-3,5,15H2,1H3. The van der Waals surface area contributed by atoms with Gasteiger partial charge in [0.1, 0.15) is 0 Å². The third-order valence-electron chi connectivity index (χ3n) is 10.6. The Morgan fingerprint density at radius 2 is 0.940 bits per heavy atom. The van der Waals surface area contributed by atoms with Gasteiger partial charge in [-0.15, -0.1) is 0 Å². The van der Waals surface area contributed by atoms with Crippen LogP contribution in [0.25, 0.3) is 94.4 Å². The highest BCUT2D eigenvalue weighted by molar-refractivity contribution is 6.30. The SMILES string of the molecule is C=Cc1ccc(-c2ccc3c4c(ccc(-c5cccc(CCCC)c5)c24)-c2c-3c(-c3ccccc3)c3ccccc3c2-c2ccccc2)cc1. The van der Waals surface area contributed by atoms with E-state index in [0.717, 1.165) is 12.0 Å². The van der Waals surface area contributed by atoms with E-state index in [0.29, 0.717) is 0 Å². The summed E-state index contributed by atoms with van der Waals surface area (Å²) >= 11 is 0. The van der Waals surface area contributed by atoms with Crippen molar-refractivity contribution in [2.45, 2.75) is 26.2 Å². The molecule has 0 atom stereocenters. The second kappa shape index (κ2) is 12.5. The Hall–Kier alpha value is -5.98. The van der Waals surface area contributed by atoms with Crippen molar-refractivity contribution < 1.29 is 0 Å². The van der Waals surface area contributed by atoms with Crippen LogP contribution < -0.4 is 0 Å². The van der Waals surface area contributed by atoms with Crippen molar-refractivity contribution in [3.63, 3.8) is 0 Å². The Labute approximate surface area is 295 Å². The van der Waals surface area contributed by atoms with E-state index in [1.807, 2.05) is 6.08 Å². The lowest BCUT2D eigenvalue weighted by Gasteiger charge is -2.20. The van der Waals surface area contributed by atoms with Gasteiger partial charge in [0.15, 0.2) is 0 Å². The van der Waals surface area contributed by atoms with E-state index < -0.39 is 0 Å². The zero-order valence-corrected chi connectivity index (χ0v) is 28.4. The van der Waals surface area contributed by atoms with Crippen LogP contribution in [-0.4, -0.2) is 0 Å². The van der Waals surface area contributed by atoms with Crippen LogP contribution in [0.15, 0.2) is 164 Å². The Bertz CT molecular complexity index is 2460. The van der Waals surface area contributed by atoms with Crippen LogP contribution in [0.2, 0.25) is 0 Å². The molecular weight excluding hydrogens is 601 g/mol. The molecule has 0 unspecified atom stereocenters. The first-order valence-corrected chi connectivity index (χ1v) is 17.9. The van der Waals surface area contributed by atoms with Gasteiger partial charge in [-0.2, -0.15) is 0 Å². The van der Waals surface area contributed by atoms with Crippen molar-refractivity contribution in [2.24, 2.45) is 0 Å². The molecule has 8 aromatic rings. The predicted octanol–water partition coefficient (Wildman–Crippen LogP) is 14.3. The summed E-state index contributed by atoms with van der Waals surface area (Å²) < 4.78 is 0. The summed E-state index contributed by atoms with van der Waals surface area (Å²) in [7, 11) is 0. The Morgan fingerprint density at radius 1 is 0.440 bits per heavy atom. The van der Waals surface area contributed by atoms with Crippen molar-refractivity contribution in [3.05, 3.63) is 175 Å². The highest BCUT2D eigenvalue weighted by atomic mass is 14.3. The molecule has 0 fully saturated rings. The summed E-state index contributed by atoms with van der Waals surface area (Å²) in [5.74, 6) is 0. The van der Waals surface area contributed by atoms with Crippen molar-refractivity contribution in [1.82, 2.24) is 0 Å². The quantitative estimate of drug-likeness (QED) is 0.155. The largest absolute Gasteiger partial charge is 0.0985 e. The molecule has 0 bridgehead atoms. The van der Waals surface area contributed by atoms with E-state index in [9.17, 15) is 0 Å². The van der Waals surface area contributed by atoms with Crippen LogP contribution in [0.3, 0.4) is 0 Å². The Morgan fingerprint density at radius 3 is 1.50 bits per heavy atom. The smallest absolute Gasteiger partial charge is 0.000740 e. The average molecular weight is 639 g/mol. The maximum absolute atomic E-state index is 4.01. The van der Waals surface area contributed by atoms with Crippen molar-refractivity contribution in [1.29, 1.82) is 0 Å². The molecule has 50 heavy (non-hydrogen) atoms. The minimum atomic E-state index is 1.10. The lowest BCUT2D eigenvalue weighted by atomic mass is 9.82. The zero-order chi connectivity index (χ0) is 33.6. The molecule has 1 aliphatic carbocycles. The maximum Gasteiger partial charge on any atom is -0.000740 e. The van der Waals surface area contributed by atoms with E-state index in [1.165, 1.54) is 107 Å². The highest BCUT2D eigenvalue weighted by Crippen LogP contribution is 2.59. The fraction of sp³-hybridized carbons (Fsp3) is 0.0800.